The van der Waals surface area contributed by atoms with Gasteiger partial charge in [-0.15, -0.1) is 0 Å². The SMILES string of the molecule is C=CC1=C(C=C)C2(C3=C1CCC=C3)c1ccccc1-c1c(N(c3ccc(-c4ccccc4)cc3)c3ccc(-c4ccccc4)cc3)cccc12. The fraction of sp³-hybridized carbons (Fsp3) is 0.0612. The Morgan fingerprint density at radius 1 is 0.540 bits per heavy atom. The van der Waals surface area contributed by atoms with Crippen molar-refractivity contribution >= 4 is 17.1 Å². The van der Waals surface area contributed by atoms with Crippen molar-refractivity contribution in [3.63, 3.8) is 0 Å². The largest absolute Gasteiger partial charge is 0.310 e. The molecule has 0 bridgehead atoms. The first kappa shape index (κ1) is 29.9. The van der Waals surface area contributed by atoms with Crippen molar-refractivity contribution in [2.24, 2.45) is 0 Å². The summed E-state index contributed by atoms with van der Waals surface area (Å²) in [7, 11) is 0. The average Bonchev–Trinajstić information content (AvgIpc) is 3.66. The van der Waals surface area contributed by atoms with E-state index in [0.717, 1.165) is 29.9 Å². The monoisotopic (exact) mass is 639 g/mol. The topological polar surface area (TPSA) is 3.24 Å². The first-order chi connectivity index (χ1) is 24.7. The zero-order chi connectivity index (χ0) is 33.7. The minimum atomic E-state index is -0.445. The summed E-state index contributed by atoms with van der Waals surface area (Å²) in [6, 6.07) is 55.1. The summed E-state index contributed by atoms with van der Waals surface area (Å²) in [5, 5.41) is 0. The fourth-order valence-corrected chi connectivity index (χ4v) is 8.67. The highest BCUT2D eigenvalue weighted by molar-refractivity contribution is 5.99. The van der Waals surface area contributed by atoms with Gasteiger partial charge in [0.2, 0.25) is 0 Å². The lowest BCUT2D eigenvalue weighted by molar-refractivity contribution is 0.768. The molecule has 1 unspecified atom stereocenters. The molecule has 0 saturated carbocycles. The van der Waals surface area contributed by atoms with Gasteiger partial charge in [0.15, 0.2) is 0 Å². The van der Waals surface area contributed by atoms with E-state index in [0.29, 0.717) is 0 Å². The third-order valence-electron chi connectivity index (χ3n) is 10.8. The fourth-order valence-electron chi connectivity index (χ4n) is 8.67. The number of fused-ring (bicyclic) bond motifs is 6. The van der Waals surface area contributed by atoms with Gasteiger partial charge in [-0.3, -0.25) is 0 Å². The van der Waals surface area contributed by atoms with Crippen LogP contribution >= 0.6 is 0 Å². The van der Waals surface area contributed by atoms with E-state index in [1.807, 2.05) is 0 Å². The Balaban J connectivity index is 1.29. The normalized spacial score (nSPS) is 17.0. The molecule has 6 aromatic rings. The van der Waals surface area contributed by atoms with Crippen LogP contribution in [-0.2, 0) is 5.41 Å². The molecule has 0 radical (unpaired) electrons. The number of allylic oxidation sites excluding steroid dienone is 8. The molecule has 3 aliphatic rings. The van der Waals surface area contributed by atoms with Crippen LogP contribution in [0.4, 0.5) is 17.1 Å². The van der Waals surface area contributed by atoms with Crippen molar-refractivity contribution in [1.29, 1.82) is 0 Å². The first-order valence-corrected chi connectivity index (χ1v) is 17.5. The van der Waals surface area contributed by atoms with Crippen LogP contribution < -0.4 is 4.90 Å². The summed E-state index contributed by atoms with van der Waals surface area (Å²) < 4.78 is 0. The van der Waals surface area contributed by atoms with Crippen LogP contribution in [0.5, 0.6) is 0 Å². The van der Waals surface area contributed by atoms with Crippen LogP contribution in [0.2, 0.25) is 0 Å². The summed E-state index contributed by atoms with van der Waals surface area (Å²) >= 11 is 0. The van der Waals surface area contributed by atoms with Gasteiger partial charge in [-0.05, 0) is 104 Å². The standard InChI is InChI=1S/C49H37N/c1-3-40-41-20-11-13-22-44(41)49(43(40)4-2)45-23-14-12-21-42(45)48-46(49)24-15-25-47(48)50(38-30-26-36(27-31-38)34-16-7-5-8-17-34)39-32-28-37(29-33-39)35-18-9-6-10-19-35/h3-10,12-19,21-33H,1-2,11,20H2. The van der Waals surface area contributed by atoms with E-state index in [9.17, 15) is 0 Å². The number of nitrogens with zero attached hydrogens (tertiary/aromatic N) is 1. The molecular formula is C49H37N. The second-order valence-corrected chi connectivity index (χ2v) is 13.2. The van der Waals surface area contributed by atoms with Crippen molar-refractivity contribution in [2.45, 2.75) is 18.3 Å². The Morgan fingerprint density at radius 3 is 1.70 bits per heavy atom. The van der Waals surface area contributed by atoms with Crippen molar-refractivity contribution in [3.05, 3.63) is 223 Å². The maximum Gasteiger partial charge on any atom is 0.0722 e. The molecular weight excluding hydrogens is 603 g/mol. The lowest BCUT2D eigenvalue weighted by atomic mass is 9.68. The lowest BCUT2D eigenvalue weighted by Gasteiger charge is -2.34. The number of rotatable bonds is 7. The predicted octanol–water partition coefficient (Wildman–Crippen LogP) is 13.1. The molecule has 0 aromatic heterocycles. The molecule has 0 N–H and O–H groups in total. The van der Waals surface area contributed by atoms with Crippen molar-refractivity contribution in [1.82, 2.24) is 0 Å². The van der Waals surface area contributed by atoms with Gasteiger partial charge in [0.25, 0.3) is 0 Å². The minimum absolute atomic E-state index is 0.445. The highest BCUT2D eigenvalue weighted by Crippen LogP contribution is 2.65. The van der Waals surface area contributed by atoms with Gasteiger partial charge in [0, 0.05) is 16.9 Å². The lowest BCUT2D eigenvalue weighted by Crippen LogP contribution is -2.28. The summed E-state index contributed by atoms with van der Waals surface area (Å²) in [6.45, 7) is 8.73. The molecule has 0 aliphatic heterocycles. The summed E-state index contributed by atoms with van der Waals surface area (Å²) in [4.78, 5) is 2.44. The molecule has 50 heavy (non-hydrogen) atoms. The molecule has 0 fully saturated rings. The zero-order valence-corrected chi connectivity index (χ0v) is 28.0. The van der Waals surface area contributed by atoms with Crippen molar-refractivity contribution < 1.29 is 0 Å². The van der Waals surface area contributed by atoms with Crippen LogP contribution in [0.15, 0.2) is 211 Å². The molecule has 0 heterocycles. The first-order valence-electron chi connectivity index (χ1n) is 17.5. The number of hydrogen-bond acceptors (Lipinski definition) is 1. The molecule has 0 saturated heterocycles. The van der Waals surface area contributed by atoms with E-state index in [-0.39, 0.29) is 0 Å². The summed E-state index contributed by atoms with van der Waals surface area (Å²) in [5.41, 5.74) is 18.1. The maximum atomic E-state index is 4.42. The van der Waals surface area contributed by atoms with Gasteiger partial charge in [-0.1, -0.05) is 159 Å². The summed E-state index contributed by atoms with van der Waals surface area (Å²) in [5.74, 6) is 0. The quantitative estimate of drug-likeness (QED) is 0.168. The van der Waals surface area contributed by atoms with Crippen LogP contribution in [0, 0.1) is 0 Å². The molecule has 1 spiro atoms. The van der Waals surface area contributed by atoms with Crippen LogP contribution in [-0.4, -0.2) is 0 Å². The number of hydrogen-bond donors (Lipinski definition) is 0. The van der Waals surface area contributed by atoms with Crippen molar-refractivity contribution in [2.75, 3.05) is 4.90 Å². The predicted molar refractivity (Wildman–Crippen MR) is 211 cm³/mol. The zero-order valence-electron chi connectivity index (χ0n) is 28.0. The van der Waals surface area contributed by atoms with Crippen LogP contribution in [0.3, 0.4) is 0 Å². The summed E-state index contributed by atoms with van der Waals surface area (Å²) in [6.07, 6.45) is 10.9. The molecule has 238 valence electrons. The highest BCUT2D eigenvalue weighted by Gasteiger charge is 2.53. The van der Waals surface area contributed by atoms with E-state index in [4.69, 9.17) is 0 Å². The van der Waals surface area contributed by atoms with E-state index in [1.165, 1.54) is 66.8 Å². The number of benzene rings is 6. The molecule has 1 heteroatoms. The second-order valence-electron chi connectivity index (χ2n) is 13.2. The van der Waals surface area contributed by atoms with Gasteiger partial charge < -0.3 is 4.90 Å². The highest BCUT2D eigenvalue weighted by atomic mass is 15.1. The van der Waals surface area contributed by atoms with Gasteiger partial charge in [0.1, 0.15) is 0 Å². The van der Waals surface area contributed by atoms with Gasteiger partial charge >= 0.3 is 0 Å². The molecule has 1 nitrogen and oxygen atoms in total. The second kappa shape index (κ2) is 12.1. The molecule has 0 amide bonds. The Morgan fingerprint density at radius 2 is 1.10 bits per heavy atom. The van der Waals surface area contributed by atoms with E-state index < -0.39 is 5.41 Å². The van der Waals surface area contributed by atoms with Gasteiger partial charge in [0.05, 0.1) is 11.1 Å². The third-order valence-corrected chi connectivity index (χ3v) is 10.8. The van der Waals surface area contributed by atoms with Crippen molar-refractivity contribution in [3.8, 4) is 33.4 Å². The molecule has 9 rings (SSSR count). The van der Waals surface area contributed by atoms with Crippen LogP contribution in [0.25, 0.3) is 33.4 Å². The van der Waals surface area contributed by atoms with E-state index in [1.54, 1.807) is 0 Å². The Bertz CT molecular complexity index is 2290. The Labute approximate surface area is 295 Å². The van der Waals surface area contributed by atoms with Gasteiger partial charge in [-0.2, -0.15) is 0 Å². The maximum absolute atomic E-state index is 4.42. The van der Waals surface area contributed by atoms with E-state index >= 15 is 0 Å². The third kappa shape index (κ3) is 4.40. The Kier molecular flexibility index (Phi) is 7.21. The molecule has 3 aliphatic carbocycles. The molecule has 6 aromatic carbocycles. The number of anilines is 3. The Hall–Kier alpha value is -6.18. The molecule has 1 atom stereocenters. The van der Waals surface area contributed by atoms with Gasteiger partial charge in [-0.25, -0.2) is 0 Å². The average molecular weight is 640 g/mol. The van der Waals surface area contributed by atoms with Crippen LogP contribution in [0.1, 0.15) is 24.0 Å². The minimum Gasteiger partial charge on any atom is -0.310 e. The van der Waals surface area contributed by atoms with E-state index in [2.05, 4.69) is 194 Å². The smallest absolute Gasteiger partial charge is 0.0722 e.